The Balaban J connectivity index is 3.14. The van der Waals surface area contributed by atoms with Crippen LogP contribution in [0.1, 0.15) is 22.8 Å². The minimum Gasteiger partial charge on any atom is -0.480 e. The number of ether oxygens (including phenoxy) is 1. The molecule has 0 fully saturated rings. The summed E-state index contributed by atoms with van der Waals surface area (Å²) in [6.07, 6.45) is 0. The highest BCUT2D eigenvalue weighted by Crippen LogP contribution is 2.18. The number of nitrogens with zero attached hydrogens (tertiary/aromatic N) is 1. The molecule has 8 nitrogen and oxygen atoms in total. The van der Waals surface area contributed by atoms with Crippen LogP contribution < -0.4 is 4.72 Å². The molecule has 0 aliphatic rings. The van der Waals surface area contributed by atoms with Crippen LogP contribution in [-0.2, 0) is 19.6 Å². The number of carboxylic acid groups (broad SMARTS) is 1. The lowest BCUT2D eigenvalue weighted by molar-refractivity contribution is -0.141. The summed E-state index contributed by atoms with van der Waals surface area (Å²) in [5.41, 5.74) is 0.695. The summed E-state index contributed by atoms with van der Waals surface area (Å²) in [5, 5.41) is 9.01. The summed E-state index contributed by atoms with van der Waals surface area (Å²) in [5.74, 6) is -1.70. The fourth-order valence-corrected chi connectivity index (χ4v) is 2.93. The number of hydrogen-bond acceptors (Lipinski definition) is 5. The summed E-state index contributed by atoms with van der Waals surface area (Å²) < 4.78 is 31.6. The van der Waals surface area contributed by atoms with Crippen molar-refractivity contribution >= 4 is 21.9 Å². The second-order valence-electron chi connectivity index (χ2n) is 5.30. The number of aryl methyl sites for hydroxylation is 1. The van der Waals surface area contributed by atoms with Crippen molar-refractivity contribution in [3.05, 3.63) is 29.3 Å². The molecule has 0 aliphatic carbocycles. The molecule has 0 aliphatic heterocycles. The molecule has 0 saturated carbocycles. The van der Waals surface area contributed by atoms with Gasteiger partial charge in [-0.05, 0) is 31.5 Å². The molecule has 0 bridgehead atoms. The van der Waals surface area contributed by atoms with E-state index in [9.17, 15) is 18.0 Å². The average molecular weight is 358 g/mol. The highest BCUT2D eigenvalue weighted by Gasteiger charge is 2.25. The van der Waals surface area contributed by atoms with E-state index in [0.717, 1.165) is 4.90 Å². The molecule has 24 heavy (non-hydrogen) atoms. The molecule has 2 N–H and O–H groups in total. The number of nitrogens with one attached hydrogen (secondary N) is 1. The van der Waals surface area contributed by atoms with Gasteiger partial charge in [0.05, 0.1) is 11.5 Å². The first-order chi connectivity index (χ1) is 11.1. The first kappa shape index (κ1) is 20.1. The number of sulfonamides is 1. The Hall–Kier alpha value is -1.97. The molecule has 9 heteroatoms. The van der Waals surface area contributed by atoms with Gasteiger partial charge in [-0.25, -0.2) is 17.9 Å². The second-order valence-corrected chi connectivity index (χ2v) is 7.06. The van der Waals surface area contributed by atoms with Gasteiger partial charge in [-0.15, -0.1) is 0 Å². The Labute approximate surface area is 141 Å². The molecule has 1 amide bonds. The van der Waals surface area contributed by atoms with Crippen LogP contribution in [0.5, 0.6) is 0 Å². The predicted octanol–water partition coefficient (Wildman–Crippen LogP) is 0.465. The number of carbonyl (C=O) groups is 2. The fourth-order valence-electron chi connectivity index (χ4n) is 1.89. The summed E-state index contributed by atoms with van der Waals surface area (Å²) in [6, 6.07) is 3.12. The Kier molecular flexibility index (Phi) is 6.88. The molecule has 0 radical (unpaired) electrons. The molecular weight excluding hydrogens is 336 g/mol. The van der Waals surface area contributed by atoms with Gasteiger partial charge in [0.1, 0.15) is 6.04 Å². The van der Waals surface area contributed by atoms with E-state index in [-0.39, 0.29) is 23.6 Å². The van der Waals surface area contributed by atoms with E-state index in [0.29, 0.717) is 5.56 Å². The number of benzene rings is 1. The standard InChI is InChI=1S/C15H22N2O6S/c1-10-5-6-12(24(21,22)16-7-8-23-4)9-13(10)14(18)17(3)11(2)15(19)20/h5-6,9,11,16H,7-8H2,1-4H3,(H,19,20). The lowest BCUT2D eigenvalue weighted by Crippen LogP contribution is -2.40. The van der Waals surface area contributed by atoms with Gasteiger partial charge in [0.2, 0.25) is 10.0 Å². The fraction of sp³-hybridized carbons (Fsp3) is 0.467. The first-order valence-corrected chi connectivity index (χ1v) is 8.69. The number of aliphatic carboxylic acids is 1. The summed E-state index contributed by atoms with van der Waals surface area (Å²) in [4.78, 5) is 24.5. The van der Waals surface area contributed by atoms with Crippen LogP contribution in [0.2, 0.25) is 0 Å². The van der Waals surface area contributed by atoms with Gasteiger partial charge in [0.15, 0.2) is 0 Å². The normalized spacial score (nSPS) is 12.7. The average Bonchev–Trinajstić information content (AvgIpc) is 2.53. The highest BCUT2D eigenvalue weighted by molar-refractivity contribution is 7.89. The zero-order valence-electron chi connectivity index (χ0n) is 14.1. The minimum absolute atomic E-state index is 0.0658. The van der Waals surface area contributed by atoms with Gasteiger partial charge in [-0.1, -0.05) is 6.07 Å². The quantitative estimate of drug-likeness (QED) is 0.653. The van der Waals surface area contributed by atoms with E-state index in [1.54, 1.807) is 6.92 Å². The van der Waals surface area contributed by atoms with E-state index < -0.39 is 27.9 Å². The molecule has 134 valence electrons. The number of hydrogen-bond donors (Lipinski definition) is 2. The van der Waals surface area contributed by atoms with Gasteiger partial charge in [0, 0.05) is 26.3 Å². The van der Waals surface area contributed by atoms with Crippen molar-refractivity contribution in [2.24, 2.45) is 0 Å². The Morgan fingerprint density at radius 1 is 1.38 bits per heavy atom. The zero-order chi connectivity index (χ0) is 18.5. The van der Waals surface area contributed by atoms with Crippen LogP contribution in [0.4, 0.5) is 0 Å². The van der Waals surface area contributed by atoms with Crippen LogP contribution in [0.3, 0.4) is 0 Å². The maximum atomic E-state index is 12.5. The van der Waals surface area contributed by atoms with E-state index in [4.69, 9.17) is 9.84 Å². The van der Waals surface area contributed by atoms with Gasteiger partial charge in [0.25, 0.3) is 5.91 Å². The maximum Gasteiger partial charge on any atom is 0.326 e. The largest absolute Gasteiger partial charge is 0.480 e. The van der Waals surface area contributed by atoms with Crippen LogP contribution in [0.25, 0.3) is 0 Å². The Bertz CT molecular complexity index is 717. The number of methoxy groups -OCH3 is 1. The number of carboxylic acids is 1. The first-order valence-electron chi connectivity index (χ1n) is 7.21. The summed E-state index contributed by atoms with van der Waals surface area (Å²) in [6.45, 7) is 3.35. The third-order valence-electron chi connectivity index (χ3n) is 3.61. The third kappa shape index (κ3) is 4.76. The molecular formula is C15H22N2O6S. The highest BCUT2D eigenvalue weighted by atomic mass is 32.2. The summed E-state index contributed by atoms with van der Waals surface area (Å²) >= 11 is 0. The number of likely N-dealkylation sites (N-methyl/N-ethyl adjacent to an activating group) is 1. The van der Waals surface area contributed by atoms with Crippen molar-refractivity contribution in [2.45, 2.75) is 24.8 Å². The predicted molar refractivity (Wildman–Crippen MR) is 87.4 cm³/mol. The van der Waals surface area contributed by atoms with Crippen molar-refractivity contribution in [2.75, 3.05) is 27.3 Å². The molecule has 1 rings (SSSR count). The maximum absolute atomic E-state index is 12.5. The molecule has 1 aromatic rings. The molecule has 1 atom stereocenters. The van der Waals surface area contributed by atoms with Crippen LogP contribution in [0.15, 0.2) is 23.1 Å². The zero-order valence-corrected chi connectivity index (χ0v) is 14.9. The molecule has 0 heterocycles. The Morgan fingerprint density at radius 3 is 2.54 bits per heavy atom. The van der Waals surface area contributed by atoms with Crippen molar-refractivity contribution in [1.82, 2.24) is 9.62 Å². The van der Waals surface area contributed by atoms with Gasteiger partial charge < -0.3 is 14.7 Å². The minimum atomic E-state index is -3.78. The third-order valence-corrected chi connectivity index (χ3v) is 5.07. The lowest BCUT2D eigenvalue weighted by atomic mass is 10.1. The SMILES string of the molecule is COCCNS(=O)(=O)c1ccc(C)c(C(=O)N(C)C(C)C(=O)O)c1. The van der Waals surface area contributed by atoms with Crippen molar-refractivity contribution in [1.29, 1.82) is 0 Å². The monoisotopic (exact) mass is 358 g/mol. The van der Waals surface area contributed by atoms with Crippen LogP contribution in [-0.4, -0.2) is 63.7 Å². The van der Waals surface area contributed by atoms with Crippen molar-refractivity contribution in [3.8, 4) is 0 Å². The smallest absolute Gasteiger partial charge is 0.326 e. The van der Waals surface area contributed by atoms with Crippen LogP contribution in [0, 0.1) is 6.92 Å². The van der Waals surface area contributed by atoms with Gasteiger partial charge in [-0.3, -0.25) is 4.79 Å². The van der Waals surface area contributed by atoms with Gasteiger partial charge >= 0.3 is 5.97 Å². The molecule has 0 saturated heterocycles. The van der Waals surface area contributed by atoms with Crippen molar-refractivity contribution < 1.29 is 27.9 Å². The van der Waals surface area contributed by atoms with E-state index >= 15 is 0 Å². The van der Waals surface area contributed by atoms with Crippen LogP contribution >= 0.6 is 0 Å². The van der Waals surface area contributed by atoms with Gasteiger partial charge in [-0.2, -0.15) is 0 Å². The van der Waals surface area contributed by atoms with Crippen molar-refractivity contribution in [3.63, 3.8) is 0 Å². The summed E-state index contributed by atoms with van der Waals surface area (Å²) in [7, 11) is -0.970. The molecule has 1 unspecified atom stereocenters. The number of amides is 1. The topological polar surface area (TPSA) is 113 Å². The second kappa shape index (κ2) is 8.22. The van der Waals surface area contributed by atoms with E-state index in [1.165, 1.54) is 39.3 Å². The molecule has 0 aromatic heterocycles. The number of rotatable bonds is 8. The molecule has 0 spiro atoms. The lowest BCUT2D eigenvalue weighted by Gasteiger charge is -2.22. The number of carbonyl (C=O) groups excluding carboxylic acids is 1. The molecule has 1 aromatic carbocycles. The Morgan fingerprint density at radius 2 is 2.00 bits per heavy atom. The van der Waals surface area contributed by atoms with E-state index in [2.05, 4.69) is 4.72 Å². The van der Waals surface area contributed by atoms with E-state index in [1.807, 2.05) is 0 Å².